The van der Waals surface area contributed by atoms with Crippen molar-refractivity contribution in [3.05, 3.63) is 0 Å². The van der Waals surface area contributed by atoms with Crippen LogP contribution in [0.15, 0.2) is 10.3 Å². The second-order valence-electron chi connectivity index (χ2n) is 1.90. The maximum atomic E-state index is 10.8. The van der Waals surface area contributed by atoms with Crippen LogP contribution in [-0.2, 0) is 4.74 Å². The van der Waals surface area contributed by atoms with Gasteiger partial charge >= 0.3 is 6.09 Å². The van der Waals surface area contributed by atoms with Gasteiger partial charge in [-0.05, 0) is 6.92 Å². The number of amides is 1. The van der Waals surface area contributed by atoms with Crippen molar-refractivity contribution in [1.29, 1.82) is 0 Å². The van der Waals surface area contributed by atoms with E-state index in [-0.39, 0.29) is 13.2 Å². The normalized spacial score (nSPS) is 10.2. The smallest absolute Gasteiger partial charge is 0.431 e. The standard InChI is InChI=1S/C6H13N3O3/c1-3-12-6(11)9(2)8-7-4-5-10/h10H,3-5H2,1-2H3. The summed E-state index contributed by atoms with van der Waals surface area (Å²) in [5, 5.41) is 16.3. The summed E-state index contributed by atoms with van der Waals surface area (Å²) in [7, 11) is 1.43. The van der Waals surface area contributed by atoms with E-state index in [4.69, 9.17) is 5.11 Å². The summed E-state index contributed by atoms with van der Waals surface area (Å²) in [5.74, 6) is 0. The number of aliphatic hydroxyl groups is 1. The van der Waals surface area contributed by atoms with E-state index in [1.165, 1.54) is 7.05 Å². The fraction of sp³-hybridized carbons (Fsp3) is 0.833. The van der Waals surface area contributed by atoms with Crippen LogP contribution in [0.3, 0.4) is 0 Å². The second kappa shape index (κ2) is 6.53. The van der Waals surface area contributed by atoms with Gasteiger partial charge in [0.1, 0.15) is 0 Å². The molecule has 6 nitrogen and oxygen atoms in total. The molecule has 70 valence electrons. The van der Waals surface area contributed by atoms with Crippen molar-refractivity contribution in [1.82, 2.24) is 5.01 Å². The molecule has 0 aliphatic rings. The molecular formula is C6H13N3O3. The SMILES string of the molecule is CCOC(=O)N(C)N=NCCO. The summed E-state index contributed by atoms with van der Waals surface area (Å²) in [6, 6.07) is 0. The van der Waals surface area contributed by atoms with E-state index in [1.807, 2.05) is 0 Å². The highest BCUT2D eigenvalue weighted by molar-refractivity contribution is 5.66. The molecule has 1 amide bonds. The van der Waals surface area contributed by atoms with Gasteiger partial charge in [-0.3, -0.25) is 0 Å². The number of rotatable bonds is 4. The first kappa shape index (κ1) is 10.8. The molecule has 12 heavy (non-hydrogen) atoms. The summed E-state index contributed by atoms with van der Waals surface area (Å²) in [6.07, 6.45) is -0.556. The Morgan fingerprint density at radius 3 is 2.83 bits per heavy atom. The molecule has 0 aromatic rings. The predicted octanol–water partition coefficient (Wildman–Crippen LogP) is 0.434. The Labute approximate surface area is 70.8 Å². The molecule has 0 rings (SSSR count). The Bertz CT molecular complexity index is 160. The second-order valence-corrected chi connectivity index (χ2v) is 1.90. The minimum absolute atomic E-state index is 0.0832. The van der Waals surface area contributed by atoms with E-state index in [9.17, 15) is 4.79 Å². The highest BCUT2D eigenvalue weighted by Crippen LogP contribution is 1.91. The summed E-state index contributed by atoms with van der Waals surface area (Å²) in [6.45, 7) is 2.11. The van der Waals surface area contributed by atoms with Crippen LogP contribution in [0.25, 0.3) is 0 Å². The van der Waals surface area contributed by atoms with E-state index >= 15 is 0 Å². The Morgan fingerprint density at radius 2 is 2.33 bits per heavy atom. The van der Waals surface area contributed by atoms with E-state index in [0.29, 0.717) is 6.61 Å². The van der Waals surface area contributed by atoms with Gasteiger partial charge in [-0.25, -0.2) is 4.79 Å². The van der Waals surface area contributed by atoms with Gasteiger partial charge in [-0.1, -0.05) is 5.22 Å². The summed E-state index contributed by atoms with van der Waals surface area (Å²) >= 11 is 0. The number of carbonyl (C=O) groups is 1. The summed E-state index contributed by atoms with van der Waals surface area (Å²) in [5.41, 5.74) is 0. The molecule has 0 aromatic heterocycles. The molecule has 1 N–H and O–H groups in total. The van der Waals surface area contributed by atoms with Gasteiger partial charge in [0.2, 0.25) is 0 Å². The molecule has 0 aliphatic heterocycles. The zero-order valence-corrected chi connectivity index (χ0v) is 7.23. The first-order valence-electron chi connectivity index (χ1n) is 3.61. The fourth-order valence-electron chi connectivity index (χ4n) is 0.438. The van der Waals surface area contributed by atoms with Crippen LogP contribution in [0.4, 0.5) is 4.79 Å². The zero-order valence-electron chi connectivity index (χ0n) is 7.23. The zero-order chi connectivity index (χ0) is 9.40. The summed E-state index contributed by atoms with van der Waals surface area (Å²) in [4.78, 5) is 10.8. The van der Waals surface area contributed by atoms with Crippen LogP contribution >= 0.6 is 0 Å². The molecule has 0 heterocycles. The van der Waals surface area contributed by atoms with E-state index in [1.54, 1.807) is 6.92 Å². The summed E-state index contributed by atoms with van der Waals surface area (Å²) < 4.78 is 4.61. The average Bonchev–Trinajstić information content (AvgIpc) is 2.05. The van der Waals surface area contributed by atoms with Crippen LogP contribution in [0, 0.1) is 0 Å². The van der Waals surface area contributed by atoms with Gasteiger partial charge in [0.05, 0.1) is 19.8 Å². The van der Waals surface area contributed by atoms with E-state index < -0.39 is 6.09 Å². The van der Waals surface area contributed by atoms with Gasteiger partial charge in [-0.15, -0.1) is 0 Å². The first-order chi connectivity index (χ1) is 5.72. The van der Waals surface area contributed by atoms with Crippen molar-refractivity contribution in [2.24, 2.45) is 10.3 Å². The highest BCUT2D eigenvalue weighted by Gasteiger charge is 2.06. The molecule has 0 unspecified atom stereocenters. The number of carbonyl (C=O) groups excluding carboxylic acids is 1. The van der Waals surface area contributed by atoms with Crippen molar-refractivity contribution in [3.8, 4) is 0 Å². The van der Waals surface area contributed by atoms with Crippen molar-refractivity contribution in [2.45, 2.75) is 6.92 Å². The van der Waals surface area contributed by atoms with Gasteiger partial charge in [0.15, 0.2) is 0 Å². The number of aliphatic hydroxyl groups excluding tert-OH is 1. The first-order valence-corrected chi connectivity index (χ1v) is 3.61. The Hall–Kier alpha value is -1.17. The van der Waals surface area contributed by atoms with Crippen LogP contribution < -0.4 is 0 Å². The average molecular weight is 175 g/mol. The highest BCUT2D eigenvalue weighted by atomic mass is 16.6. The van der Waals surface area contributed by atoms with Gasteiger partial charge in [-0.2, -0.15) is 10.1 Å². The molecule has 0 saturated carbocycles. The third kappa shape index (κ3) is 4.62. The molecule has 6 heteroatoms. The van der Waals surface area contributed by atoms with E-state index in [0.717, 1.165) is 5.01 Å². The van der Waals surface area contributed by atoms with Crippen molar-refractivity contribution >= 4 is 6.09 Å². The lowest BCUT2D eigenvalue weighted by Gasteiger charge is -2.07. The molecule has 0 spiro atoms. The van der Waals surface area contributed by atoms with Crippen molar-refractivity contribution < 1.29 is 14.6 Å². The van der Waals surface area contributed by atoms with Crippen LogP contribution in [0.5, 0.6) is 0 Å². The monoisotopic (exact) mass is 175 g/mol. The number of hydrogen-bond donors (Lipinski definition) is 1. The lowest BCUT2D eigenvalue weighted by Crippen LogP contribution is -2.21. The van der Waals surface area contributed by atoms with Crippen molar-refractivity contribution in [3.63, 3.8) is 0 Å². The lowest BCUT2D eigenvalue weighted by molar-refractivity contribution is 0.114. The molecule has 0 aliphatic carbocycles. The van der Waals surface area contributed by atoms with Gasteiger partial charge in [0, 0.05) is 7.05 Å². The largest absolute Gasteiger partial charge is 0.448 e. The molecule has 0 atom stereocenters. The van der Waals surface area contributed by atoms with Gasteiger partial charge in [0.25, 0.3) is 0 Å². The van der Waals surface area contributed by atoms with E-state index in [2.05, 4.69) is 15.1 Å². The fourth-order valence-corrected chi connectivity index (χ4v) is 0.438. The Balaban J connectivity index is 3.69. The minimum Gasteiger partial charge on any atom is -0.448 e. The molecule has 0 saturated heterocycles. The number of nitrogens with zero attached hydrogens (tertiary/aromatic N) is 3. The predicted molar refractivity (Wildman–Crippen MR) is 41.6 cm³/mol. The van der Waals surface area contributed by atoms with Crippen LogP contribution in [0.1, 0.15) is 6.92 Å². The van der Waals surface area contributed by atoms with Crippen LogP contribution in [0.2, 0.25) is 0 Å². The quantitative estimate of drug-likeness (QED) is 0.497. The maximum absolute atomic E-state index is 10.8. The molecule has 0 bridgehead atoms. The Kier molecular flexibility index (Phi) is 5.90. The molecule has 0 aromatic carbocycles. The third-order valence-electron chi connectivity index (χ3n) is 0.929. The maximum Gasteiger partial charge on any atom is 0.431 e. The third-order valence-corrected chi connectivity index (χ3v) is 0.929. The number of hydrogen-bond acceptors (Lipinski definition) is 5. The Morgan fingerprint density at radius 1 is 1.67 bits per heavy atom. The van der Waals surface area contributed by atoms with Crippen LogP contribution in [-0.4, -0.2) is 43.0 Å². The topological polar surface area (TPSA) is 74.5 Å². The minimum atomic E-state index is -0.556. The van der Waals surface area contributed by atoms with Gasteiger partial charge < -0.3 is 9.84 Å². The van der Waals surface area contributed by atoms with Crippen molar-refractivity contribution in [2.75, 3.05) is 26.8 Å². The molecular weight excluding hydrogens is 162 g/mol. The number of ether oxygens (including phenoxy) is 1. The molecule has 0 fully saturated rings. The molecule has 0 radical (unpaired) electrons. The lowest BCUT2D eigenvalue weighted by atomic mass is 10.8.